The zero-order chi connectivity index (χ0) is 21.3. The zero-order valence-corrected chi connectivity index (χ0v) is 18.3. The molecule has 2 aromatic heterocycles. The maximum Gasteiger partial charge on any atom is 0.263 e. The van der Waals surface area contributed by atoms with Crippen molar-refractivity contribution in [2.45, 2.75) is 31.7 Å². The maximum absolute atomic E-state index is 13.4. The lowest BCUT2D eigenvalue weighted by molar-refractivity contribution is 0.204. The van der Waals surface area contributed by atoms with E-state index >= 15 is 0 Å². The fourth-order valence-corrected chi connectivity index (χ4v) is 5.57. The van der Waals surface area contributed by atoms with Crippen molar-refractivity contribution in [3.05, 3.63) is 81.2 Å². The van der Waals surface area contributed by atoms with Gasteiger partial charge in [-0.1, -0.05) is 54.2 Å². The molecule has 7 heteroatoms. The van der Waals surface area contributed by atoms with Gasteiger partial charge in [0.1, 0.15) is 10.6 Å². The summed E-state index contributed by atoms with van der Waals surface area (Å²) in [6, 6.07) is 15.6. The van der Waals surface area contributed by atoms with Crippen LogP contribution in [0.5, 0.6) is 0 Å². The van der Waals surface area contributed by atoms with E-state index in [1.165, 1.54) is 35.2 Å². The first-order valence-corrected chi connectivity index (χ1v) is 11.5. The highest BCUT2D eigenvalue weighted by atomic mass is 32.2. The highest BCUT2D eigenvalue weighted by Crippen LogP contribution is 2.37. The lowest BCUT2D eigenvalue weighted by atomic mass is 10.0. The van der Waals surface area contributed by atoms with E-state index in [0.29, 0.717) is 27.7 Å². The van der Waals surface area contributed by atoms with Crippen molar-refractivity contribution in [1.82, 2.24) is 9.55 Å². The molecule has 0 aliphatic heterocycles. The van der Waals surface area contributed by atoms with Crippen LogP contribution in [0.3, 0.4) is 0 Å². The van der Waals surface area contributed by atoms with Crippen molar-refractivity contribution in [3.8, 4) is 11.1 Å². The van der Waals surface area contributed by atoms with Crippen molar-refractivity contribution in [1.29, 1.82) is 0 Å². The number of hydrogen-bond acceptors (Lipinski definition) is 5. The minimum Gasteiger partial charge on any atom is -0.388 e. The monoisotopic (exact) mass is 440 g/mol. The SMILES string of the molecule is CCn1c(SC[C@@H](O)c2ccccc2)nc2sc(C)c(-c3ccc(F)cc3)c2c1=O. The summed E-state index contributed by atoms with van der Waals surface area (Å²) >= 11 is 2.84. The number of aliphatic hydroxyl groups excluding tert-OH is 1. The van der Waals surface area contributed by atoms with E-state index in [1.807, 2.05) is 44.2 Å². The van der Waals surface area contributed by atoms with Crippen LogP contribution in [0, 0.1) is 12.7 Å². The fraction of sp³-hybridized carbons (Fsp3) is 0.217. The molecule has 4 nitrogen and oxygen atoms in total. The first kappa shape index (κ1) is 20.8. The van der Waals surface area contributed by atoms with Gasteiger partial charge in [-0.15, -0.1) is 11.3 Å². The van der Waals surface area contributed by atoms with Gasteiger partial charge in [-0.2, -0.15) is 0 Å². The molecule has 1 atom stereocenters. The second kappa shape index (κ2) is 8.71. The molecule has 0 radical (unpaired) electrons. The highest BCUT2D eigenvalue weighted by molar-refractivity contribution is 7.99. The summed E-state index contributed by atoms with van der Waals surface area (Å²) in [4.78, 5) is 19.7. The van der Waals surface area contributed by atoms with Gasteiger partial charge in [-0.05, 0) is 37.1 Å². The van der Waals surface area contributed by atoms with E-state index in [0.717, 1.165) is 21.6 Å². The van der Waals surface area contributed by atoms with Gasteiger partial charge >= 0.3 is 0 Å². The van der Waals surface area contributed by atoms with Gasteiger partial charge in [0.2, 0.25) is 0 Å². The minimum absolute atomic E-state index is 0.108. The van der Waals surface area contributed by atoms with Crippen LogP contribution < -0.4 is 5.56 Å². The van der Waals surface area contributed by atoms with E-state index in [4.69, 9.17) is 4.98 Å². The molecule has 2 aromatic carbocycles. The number of hydrogen-bond donors (Lipinski definition) is 1. The average molecular weight is 441 g/mol. The summed E-state index contributed by atoms with van der Waals surface area (Å²) in [5, 5.41) is 11.6. The van der Waals surface area contributed by atoms with Crippen molar-refractivity contribution in [2.75, 3.05) is 5.75 Å². The van der Waals surface area contributed by atoms with Crippen LogP contribution in [0.4, 0.5) is 4.39 Å². The van der Waals surface area contributed by atoms with Crippen LogP contribution in [-0.2, 0) is 6.54 Å². The zero-order valence-electron chi connectivity index (χ0n) is 16.6. The predicted octanol–water partition coefficient (Wildman–Crippen LogP) is 5.42. The van der Waals surface area contributed by atoms with Gasteiger partial charge < -0.3 is 5.11 Å². The van der Waals surface area contributed by atoms with E-state index in [-0.39, 0.29) is 11.4 Å². The Hall–Kier alpha value is -2.48. The molecule has 0 unspecified atom stereocenters. The van der Waals surface area contributed by atoms with Crippen molar-refractivity contribution in [3.63, 3.8) is 0 Å². The molecule has 0 fully saturated rings. The molecule has 1 N–H and O–H groups in total. The number of halogens is 1. The lowest BCUT2D eigenvalue weighted by Gasteiger charge is -2.13. The molecule has 0 bridgehead atoms. The standard InChI is InChI=1S/C23H21FN2O2S2/c1-3-26-22(28)20-19(16-9-11-17(24)12-10-16)14(2)30-21(20)25-23(26)29-13-18(27)15-7-5-4-6-8-15/h4-12,18,27H,3,13H2,1-2H3/t18-/m1/s1. The predicted molar refractivity (Wildman–Crippen MR) is 122 cm³/mol. The van der Waals surface area contributed by atoms with Crippen molar-refractivity contribution < 1.29 is 9.50 Å². The highest BCUT2D eigenvalue weighted by Gasteiger charge is 2.20. The van der Waals surface area contributed by atoms with Crippen LogP contribution in [0.2, 0.25) is 0 Å². The number of thioether (sulfide) groups is 1. The molecule has 0 amide bonds. The van der Waals surface area contributed by atoms with Crippen LogP contribution in [0.25, 0.3) is 21.3 Å². The average Bonchev–Trinajstić information content (AvgIpc) is 3.09. The van der Waals surface area contributed by atoms with Gasteiger partial charge in [0, 0.05) is 22.7 Å². The number of aliphatic hydroxyl groups is 1. The van der Waals surface area contributed by atoms with Crippen LogP contribution in [-0.4, -0.2) is 20.4 Å². The number of aryl methyl sites for hydroxylation is 1. The quantitative estimate of drug-likeness (QED) is 0.321. The van der Waals surface area contributed by atoms with Gasteiger partial charge in [0.05, 0.1) is 11.5 Å². The molecule has 2 heterocycles. The number of thiophene rings is 1. The van der Waals surface area contributed by atoms with Crippen LogP contribution in [0.15, 0.2) is 64.5 Å². The van der Waals surface area contributed by atoms with Crippen LogP contribution in [0.1, 0.15) is 23.5 Å². The van der Waals surface area contributed by atoms with E-state index in [9.17, 15) is 14.3 Å². The first-order chi connectivity index (χ1) is 14.5. The van der Waals surface area contributed by atoms with Gasteiger partial charge in [-0.3, -0.25) is 9.36 Å². The first-order valence-electron chi connectivity index (χ1n) is 9.65. The summed E-state index contributed by atoms with van der Waals surface area (Å²) in [5.41, 5.74) is 2.35. The van der Waals surface area contributed by atoms with Crippen LogP contribution >= 0.6 is 23.1 Å². The third kappa shape index (κ3) is 3.93. The third-order valence-corrected chi connectivity index (χ3v) is 7.01. The summed E-state index contributed by atoms with van der Waals surface area (Å²) in [5.74, 6) is 0.0904. The Morgan fingerprint density at radius 2 is 1.87 bits per heavy atom. The number of rotatable bonds is 6. The smallest absolute Gasteiger partial charge is 0.263 e. The summed E-state index contributed by atoms with van der Waals surface area (Å²) in [6.07, 6.45) is -0.644. The third-order valence-electron chi connectivity index (χ3n) is 4.96. The number of benzene rings is 2. The molecule has 0 aliphatic rings. The van der Waals surface area contributed by atoms with Crippen molar-refractivity contribution in [2.24, 2.45) is 0 Å². The lowest BCUT2D eigenvalue weighted by Crippen LogP contribution is -2.22. The summed E-state index contributed by atoms with van der Waals surface area (Å²) in [7, 11) is 0. The molecule has 4 rings (SSSR count). The molecule has 0 spiro atoms. The second-order valence-electron chi connectivity index (χ2n) is 6.90. The molecule has 0 saturated heterocycles. The topological polar surface area (TPSA) is 55.1 Å². The van der Waals surface area contributed by atoms with E-state index in [1.54, 1.807) is 16.7 Å². The Morgan fingerprint density at radius 3 is 2.53 bits per heavy atom. The Labute approximate surface area is 182 Å². The molecular weight excluding hydrogens is 419 g/mol. The van der Waals surface area contributed by atoms with E-state index in [2.05, 4.69) is 0 Å². The van der Waals surface area contributed by atoms with Gasteiger partial charge in [0.25, 0.3) is 5.56 Å². The molecule has 4 aromatic rings. The maximum atomic E-state index is 13.4. The van der Waals surface area contributed by atoms with Gasteiger partial charge in [0.15, 0.2) is 5.16 Å². The minimum atomic E-state index is -0.644. The molecule has 154 valence electrons. The molecule has 0 saturated carbocycles. The number of fused-ring (bicyclic) bond motifs is 1. The normalized spacial score (nSPS) is 12.4. The Bertz CT molecular complexity index is 1230. The van der Waals surface area contributed by atoms with Gasteiger partial charge in [-0.25, -0.2) is 9.37 Å². The summed E-state index contributed by atoms with van der Waals surface area (Å²) < 4.78 is 15.0. The van der Waals surface area contributed by atoms with Crippen molar-refractivity contribution >= 4 is 33.3 Å². The molecular formula is C23H21FN2O2S2. The summed E-state index contributed by atoms with van der Waals surface area (Å²) in [6.45, 7) is 4.33. The Morgan fingerprint density at radius 1 is 1.17 bits per heavy atom. The second-order valence-corrected chi connectivity index (χ2v) is 9.09. The number of aromatic nitrogens is 2. The Kier molecular flexibility index (Phi) is 6.04. The van der Waals surface area contributed by atoms with E-state index < -0.39 is 6.10 Å². The fourth-order valence-electron chi connectivity index (χ4n) is 3.45. The molecule has 30 heavy (non-hydrogen) atoms. The largest absolute Gasteiger partial charge is 0.388 e. The molecule has 0 aliphatic carbocycles. The number of nitrogens with zero attached hydrogens (tertiary/aromatic N) is 2. The Balaban J connectivity index is 1.74.